The van der Waals surface area contributed by atoms with Crippen LogP contribution in [0.4, 0.5) is 8.78 Å². The minimum atomic E-state index is -2.22. The Balaban J connectivity index is 3.17. The van der Waals surface area contributed by atoms with Crippen LogP contribution >= 0.6 is 0 Å². The van der Waals surface area contributed by atoms with Crippen LogP contribution in [-0.4, -0.2) is 21.6 Å². The summed E-state index contributed by atoms with van der Waals surface area (Å²) >= 11 is 0. The largest absolute Gasteiger partial charge is 0.541 e. The van der Waals surface area contributed by atoms with Crippen molar-refractivity contribution in [2.24, 2.45) is 0 Å². The minimum absolute atomic E-state index is 0.0355. The maximum atomic E-state index is 14.2. The fourth-order valence-electron chi connectivity index (χ4n) is 3.35. The van der Waals surface area contributed by atoms with Gasteiger partial charge in [-0.05, 0) is 28.8 Å². The third kappa shape index (κ3) is 4.00. The Labute approximate surface area is 134 Å². The molecule has 0 aliphatic carbocycles. The van der Waals surface area contributed by atoms with E-state index in [0.29, 0.717) is 22.4 Å². The molecule has 126 valence electrons. The number of alkyl halides is 1. The molecule has 0 saturated carbocycles. The van der Waals surface area contributed by atoms with Gasteiger partial charge < -0.3 is 9.16 Å². The highest BCUT2D eigenvalue weighted by atomic mass is 28.4. The predicted octanol–water partition coefficient (Wildman–Crippen LogP) is 5.73. The molecule has 0 spiro atoms. The highest BCUT2D eigenvalue weighted by Crippen LogP contribution is 2.43. The maximum Gasteiger partial charge on any atom is 0.258 e. The summed E-state index contributed by atoms with van der Waals surface area (Å²) in [5.74, 6) is 0.263. The number of ether oxygens (including phenoxy) is 1. The van der Waals surface area contributed by atoms with Crippen molar-refractivity contribution in [1.82, 2.24) is 0 Å². The van der Waals surface area contributed by atoms with Crippen LogP contribution in [0.2, 0.25) is 16.6 Å². The van der Waals surface area contributed by atoms with E-state index in [9.17, 15) is 8.78 Å². The van der Waals surface area contributed by atoms with Crippen LogP contribution in [0.3, 0.4) is 0 Å². The lowest BCUT2D eigenvalue weighted by Gasteiger charge is -2.42. The summed E-state index contributed by atoms with van der Waals surface area (Å²) in [5, 5.41) is 0. The van der Waals surface area contributed by atoms with Crippen LogP contribution in [0, 0.1) is 5.82 Å². The van der Waals surface area contributed by atoms with Gasteiger partial charge in [-0.3, -0.25) is 0 Å². The van der Waals surface area contributed by atoms with E-state index < -0.39 is 20.8 Å². The normalized spacial score (nSPS) is 12.3. The van der Waals surface area contributed by atoms with Crippen LogP contribution < -0.4 is 9.16 Å². The summed E-state index contributed by atoms with van der Waals surface area (Å²) in [6.45, 7) is 12.3. The fourth-order valence-corrected chi connectivity index (χ4v) is 8.60. The second kappa shape index (κ2) is 7.95. The molecule has 2 nitrogen and oxygen atoms in total. The molecule has 0 radical (unpaired) electrons. The van der Waals surface area contributed by atoms with E-state index in [1.807, 2.05) is 0 Å². The predicted molar refractivity (Wildman–Crippen MR) is 89.5 cm³/mol. The summed E-state index contributed by atoms with van der Waals surface area (Å²) < 4.78 is 38.0. The van der Waals surface area contributed by atoms with Crippen LogP contribution in [0.1, 0.15) is 41.5 Å². The molecule has 1 aromatic carbocycles. The van der Waals surface area contributed by atoms with E-state index in [1.165, 1.54) is 12.1 Å². The smallest absolute Gasteiger partial charge is 0.258 e. The van der Waals surface area contributed by atoms with Crippen LogP contribution in [0.5, 0.6) is 11.5 Å². The van der Waals surface area contributed by atoms with Crippen LogP contribution in [0.15, 0.2) is 18.2 Å². The number of hydrogen-bond donors (Lipinski definition) is 0. The molecule has 0 bridgehead atoms. The first-order valence-electron chi connectivity index (χ1n) is 7.93. The molecule has 0 fully saturated rings. The number of hydrogen-bond acceptors (Lipinski definition) is 2. The molecule has 0 aliphatic rings. The lowest BCUT2D eigenvalue weighted by Crippen LogP contribution is -2.50. The van der Waals surface area contributed by atoms with Gasteiger partial charge in [0.05, 0.1) is 0 Å². The first-order valence-corrected chi connectivity index (χ1v) is 10.1. The monoisotopic (exact) mass is 330 g/mol. The molecule has 0 aromatic heterocycles. The van der Waals surface area contributed by atoms with Gasteiger partial charge in [0.15, 0.2) is 5.82 Å². The summed E-state index contributed by atoms with van der Waals surface area (Å²) in [6, 6.07) is 4.37. The second-order valence-electron chi connectivity index (χ2n) is 6.55. The lowest BCUT2D eigenvalue weighted by atomic mass is 10.3. The van der Waals surface area contributed by atoms with Crippen molar-refractivity contribution in [2.75, 3.05) is 13.3 Å². The average Bonchev–Trinajstić information content (AvgIpc) is 2.43. The van der Waals surface area contributed by atoms with Gasteiger partial charge in [0, 0.05) is 6.07 Å². The summed E-state index contributed by atoms with van der Waals surface area (Å²) in [7, 11) is -2.22. The molecule has 1 rings (SSSR count). The Hall–Kier alpha value is -1.10. The van der Waals surface area contributed by atoms with Gasteiger partial charge in [0.2, 0.25) is 0 Å². The molecule has 0 amide bonds. The molecule has 22 heavy (non-hydrogen) atoms. The van der Waals surface area contributed by atoms with Crippen molar-refractivity contribution in [3.8, 4) is 11.5 Å². The van der Waals surface area contributed by atoms with Crippen LogP contribution in [0.25, 0.3) is 0 Å². The maximum absolute atomic E-state index is 14.2. The van der Waals surface area contributed by atoms with E-state index >= 15 is 0 Å². The lowest BCUT2D eigenvalue weighted by molar-refractivity contribution is 0.272. The van der Waals surface area contributed by atoms with Crippen molar-refractivity contribution in [3.05, 3.63) is 24.0 Å². The van der Waals surface area contributed by atoms with Crippen molar-refractivity contribution in [1.29, 1.82) is 0 Å². The van der Waals surface area contributed by atoms with Crippen molar-refractivity contribution in [3.63, 3.8) is 0 Å². The molecule has 1 aromatic rings. The number of rotatable bonds is 8. The molecule has 0 aliphatic heterocycles. The molecular formula is C17H28F2O2Si. The van der Waals surface area contributed by atoms with Gasteiger partial charge in [0.1, 0.15) is 24.8 Å². The zero-order valence-electron chi connectivity index (χ0n) is 14.5. The van der Waals surface area contributed by atoms with E-state index in [-0.39, 0.29) is 12.4 Å². The zero-order valence-corrected chi connectivity index (χ0v) is 15.5. The molecule has 0 atom stereocenters. The van der Waals surface area contributed by atoms with E-state index in [2.05, 4.69) is 41.5 Å². The Morgan fingerprint density at radius 3 is 2.00 bits per heavy atom. The minimum Gasteiger partial charge on any atom is -0.541 e. The van der Waals surface area contributed by atoms with Crippen molar-refractivity contribution in [2.45, 2.75) is 58.2 Å². The standard InChI is InChI=1S/C17H28F2O2Si/c1-12(2)22(13(3)4,14(5)6)21-17-11-15(20-10-9-18)7-8-16(17)19/h7-8,11-14H,9-10H2,1-6H3. The highest BCUT2D eigenvalue weighted by molar-refractivity contribution is 6.78. The molecule has 0 heterocycles. The fraction of sp³-hybridized carbons (Fsp3) is 0.647. The van der Waals surface area contributed by atoms with E-state index in [4.69, 9.17) is 9.16 Å². The van der Waals surface area contributed by atoms with Gasteiger partial charge in [-0.25, -0.2) is 8.78 Å². The molecule has 5 heteroatoms. The third-order valence-electron chi connectivity index (χ3n) is 4.24. The summed E-state index contributed by atoms with van der Waals surface area (Å²) in [5.41, 5.74) is 1.05. The first kappa shape index (κ1) is 18.9. The Bertz CT molecular complexity index is 454. The van der Waals surface area contributed by atoms with E-state index in [0.717, 1.165) is 0 Å². The van der Waals surface area contributed by atoms with Crippen molar-refractivity contribution < 1.29 is 17.9 Å². The van der Waals surface area contributed by atoms with Crippen molar-refractivity contribution >= 4 is 8.32 Å². The van der Waals surface area contributed by atoms with Gasteiger partial charge in [-0.1, -0.05) is 41.5 Å². The molecule has 0 N–H and O–H groups in total. The number of benzene rings is 1. The summed E-state index contributed by atoms with van der Waals surface area (Å²) in [6.07, 6.45) is 0. The molecule has 0 unspecified atom stereocenters. The summed E-state index contributed by atoms with van der Waals surface area (Å²) in [4.78, 5) is 0. The molecule has 0 saturated heterocycles. The quantitative estimate of drug-likeness (QED) is 0.567. The second-order valence-corrected chi connectivity index (χ2v) is 11.9. The van der Waals surface area contributed by atoms with Gasteiger partial charge in [-0.15, -0.1) is 0 Å². The van der Waals surface area contributed by atoms with E-state index in [1.54, 1.807) is 6.07 Å². The zero-order chi connectivity index (χ0) is 16.9. The average molecular weight is 330 g/mol. The molecular weight excluding hydrogens is 302 g/mol. The third-order valence-corrected chi connectivity index (χ3v) is 10.2. The Morgan fingerprint density at radius 1 is 1.00 bits per heavy atom. The SMILES string of the molecule is CC(C)[Si](Oc1cc(OCCF)ccc1F)(C(C)C)C(C)C. The van der Waals surface area contributed by atoms with Gasteiger partial charge >= 0.3 is 0 Å². The van der Waals surface area contributed by atoms with Crippen LogP contribution in [-0.2, 0) is 0 Å². The Morgan fingerprint density at radius 2 is 1.55 bits per heavy atom. The Kier molecular flexibility index (Phi) is 6.85. The first-order chi connectivity index (χ1) is 10.3. The van der Waals surface area contributed by atoms with Gasteiger partial charge in [0.25, 0.3) is 8.32 Å². The highest BCUT2D eigenvalue weighted by Gasteiger charge is 2.47. The van der Waals surface area contributed by atoms with Gasteiger partial charge in [-0.2, -0.15) is 0 Å². The topological polar surface area (TPSA) is 18.5 Å². The number of halogens is 2.